The van der Waals surface area contributed by atoms with Crippen molar-refractivity contribution < 1.29 is 24.6 Å². The van der Waals surface area contributed by atoms with Gasteiger partial charge in [0.05, 0.1) is 6.33 Å². The highest BCUT2D eigenvalue weighted by Crippen LogP contribution is 2.29. The molecule has 8 nitrogen and oxygen atoms in total. The van der Waals surface area contributed by atoms with Crippen LogP contribution in [0.4, 0.5) is 0 Å². The minimum absolute atomic E-state index is 0.372. The van der Waals surface area contributed by atoms with Crippen LogP contribution in [0, 0.1) is 0 Å². The van der Waals surface area contributed by atoms with Crippen LogP contribution in [0.1, 0.15) is 34.0 Å². The molecule has 4 N–H and O–H groups in total. The van der Waals surface area contributed by atoms with Gasteiger partial charge in [-0.25, -0.2) is 14.6 Å². The third-order valence-corrected chi connectivity index (χ3v) is 4.01. The van der Waals surface area contributed by atoms with Gasteiger partial charge in [0.2, 0.25) is 5.91 Å². The number of amides is 1. The van der Waals surface area contributed by atoms with E-state index in [0.717, 1.165) is 19.4 Å². The van der Waals surface area contributed by atoms with E-state index in [2.05, 4.69) is 9.55 Å². The molecule has 136 valence electrons. The molecule has 1 aromatic heterocycles. The van der Waals surface area contributed by atoms with Crippen molar-refractivity contribution in [3.63, 3.8) is 0 Å². The number of carbonyl (C=O) groups is 3. The average Bonchev–Trinajstić information content (AvgIpc) is 3.08. The Hall–Kier alpha value is -3.42. The van der Waals surface area contributed by atoms with E-state index in [0.29, 0.717) is 23.6 Å². The van der Waals surface area contributed by atoms with Crippen molar-refractivity contribution >= 4 is 17.8 Å². The maximum Gasteiger partial charge on any atom is 0.328 e. The average molecular weight is 357 g/mol. The van der Waals surface area contributed by atoms with Gasteiger partial charge in [0, 0.05) is 36.2 Å². The van der Waals surface area contributed by atoms with Gasteiger partial charge in [0.15, 0.2) is 0 Å². The molecule has 0 saturated carbocycles. The zero-order valence-electron chi connectivity index (χ0n) is 13.9. The van der Waals surface area contributed by atoms with Crippen LogP contribution >= 0.6 is 0 Å². The summed E-state index contributed by atoms with van der Waals surface area (Å²) >= 11 is 0. The molecular formula is C18H19N3O5. The Morgan fingerprint density at radius 3 is 2.27 bits per heavy atom. The maximum absolute atomic E-state index is 11.0. The molecule has 0 saturated heterocycles. The quantitative estimate of drug-likeness (QED) is 0.708. The second-order valence-electron chi connectivity index (χ2n) is 5.76. The van der Waals surface area contributed by atoms with Crippen LogP contribution in [0.5, 0.6) is 0 Å². The lowest BCUT2D eigenvalue weighted by Gasteiger charge is -2.24. The highest BCUT2D eigenvalue weighted by Gasteiger charge is 2.20. The number of carboxylic acids is 2. The van der Waals surface area contributed by atoms with E-state index < -0.39 is 11.9 Å². The molecule has 3 rings (SSSR count). The van der Waals surface area contributed by atoms with Gasteiger partial charge in [-0.3, -0.25) is 4.79 Å². The van der Waals surface area contributed by atoms with E-state index in [-0.39, 0.29) is 5.91 Å². The van der Waals surface area contributed by atoms with E-state index in [1.54, 1.807) is 0 Å². The second kappa shape index (κ2) is 8.61. The molecule has 1 atom stereocenters. The Morgan fingerprint density at radius 2 is 1.73 bits per heavy atom. The van der Waals surface area contributed by atoms with Crippen molar-refractivity contribution in [1.29, 1.82) is 0 Å². The summed E-state index contributed by atoms with van der Waals surface area (Å²) in [7, 11) is 0. The zero-order valence-corrected chi connectivity index (χ0v) is 13.9. The van der Waals surface area contributed by atoms with Gasteiger partial charge < -0.3 is 20.5 Å². The Bertz CT molecular complexity index is 808. The molecule has 2 aromatic rings. The van der Waals surface area contributed by atoms with E-state index in [1.807, 2.05) is 36.8 Å². The molecule has 0 aliphatic carbocycles. The second-order valence-corrected chi connectivity index (χ2v) is 5.76. The normalized spacial score (nSPS) is 15.6. The van der Waals surface area contributed by atoms with Crippen LogP contribution in [0.25, 0.3) is 0 Å². The van der Waals surface area contributed by atoms with E-state index >= 15 is 0 Å². The van der Waals surface area contributed by atoms with Gasteiger partial charge in [0.25, 0.3) is 0 Å². The number of imidazole rings is 1. The lowest BCUT2D eigenvalue weighted by Crippen LogP contribution is -2.17. The minimum Gasteiger partial charge on any atom is -0.478 e. The highest BCUT2D eigenvalue weighted by atomic mass is 16.4. The summed E-state index contributed by atoms with van der Waals surface area (Å²) in [5.74, 6) is -2.38. The fraction of sp³-hybridized carbons (Fsp3) is 0.222. The number of hydrogen-bond donors (Lipinski definition) is 3. The lowest BCUT2D eigenvalue weighted by atomic mass is 9.88. The largest absolute Gasteiger partial charge is 0.478 e. The molecule has 1 unspecified atom stereocenters. The molecule has 0 spiro atoms. The highest BCUT2D eigenvalue weighted by molar-refractivity contribution is 5.92. The number of aromatic nitrogens is 2. The lowest BCUT2D eigenvalue weighted by molar-refractivity contribution is -0.134. The third-order valence-electron chi connectivity index (χ3n) is 4.01. The smallest absolute Gasteiger partial charge is 0.328 e. The predicted octanol–water partition coefficient (Wildman–Crippen LogP) is 1.42. The number of carboxylic acid groups (broad SMARTS) is 2. The third kappa shape index (κ3) is 5.30. The molecule has 1 aliphatic rings. The number of fused-ring (bicyclic) bond motifs is 1. The van der Waals surface area contributed by atoms with Gasteiger partial charge in [0.1, 0.15) is 0 Å². The van der Waals surface area contributed by atoms with Gasteiger partial charge in [-0.2, -0.15) is 0 Å². The number of aliphatic carboxylic acids is 2. The maximum atomic E-state index is 11.0. The van der Waals surface area contributed by atoms with E-state index in [9.17, 15) is 14.4 Å². The molecular weight excluding hydrogens is 338 g/mol. The fourth-order valence-corrected chi connectivity index (χ4v) is 2.72. The number of benzene rings is 1. The summed E-state index contributed by atoms with van der Waals surface area (Å²) in [5, 5.41) is 15.6. The van der Waals surface area contributed by atoms with Crippen LogP contribution < -0.4 is 5.73 Å². The van der Waals surface area contributed by atoms with Crippen LogP contribution in [-0.4, -0.2) is 37.6 Å². The van der Waals surface area contributed by atoms with Crippen molar-refractivity contribution in [1.82, 2.24) is 9.55 Å². The molecule has 0 bridgehead atoms. The first kappa shape index (κ1) is 18.9. The van der Waals surface area contributed by atoms with Gasteiger partial charge in [-0.15, -0.1) is 0 Å². The van der Waals surface area contributed by atoms with Gasteiger partial charge in [-0.1, -0.05) is 12.1 Å². The Morgan fingerprint density at radius 1 is 1.12 bits per heavy atom. The first-order valence-electron chi connectivity index (χ1n) is 7.89. The van der Waals surface area contributed by atoms with Crippen LogP contribution in [0.15, 0.2) is 48.9 Å². The molecule has 1 aliphatic heterocycles. The summed E-state index contributed by atoms with van der Waals surface area (Å²) < 4.78 is 2.20. The number of nitrogens with two attached hydrogens (primary N) is 1. The minimum atomic E-state index is -1.26. The zero-order chi connectivity index (χ0) is 19.1. The topological polar surface area (TPSA) is 136 Å². The Labute approximate surface area is 149 Å². The molecule has 8 heteroatoms. The summed E-state index contributed by atoms with van der Waals surface area (Å²) in [5.41, 5.74) is 8.36. The van der Waals surface area contributed by atoms with Gasteiger partial charge in [-0.05, 0) is 36.5 Å². The molecule has 0 fully saturated rings. The Balaban J connectivity index is 0.000000260. The molecule has 26 heavy (non-hydrogen) atoms. The number of hydrogen-bond acceptors (Lipinski definition) is 4. The molecule has 2 heterocycles. The fourth-order valence-electron chi connectivity index (χ4n) is 2.72. The van der Waals surface area contributed by atoms with Crippen molar-refractivity contribution in [3.8, 4) is 0 Å². The standard InChI is InChI=1S/C14H15N3O.C4H4O4/c15-14(18)11-3-1-10(2-4-11)12-5-6-17-9-16-8-13(17)7-12;5-3(6)1-2-4(7)8/h1-4,8-9,12H,5-7H2,(H2,15,18);1-2H,(H,5,6)(H,7,8)/b;2-1+. The first-order valence-corrected chi connectivity index (χ1v) is 7.89. The van der Waals surface area contributed by atoms with Crippen LogP contribution in [0.2, 0.25) is 0 Å². The first-order chi connectivity index (χ1) is 12.4. The molecule has 1 amide bonds. The monoisotopic (exact) mass is 357 g/mol. The number of primary amides is 1. The number of carbonyl (C=O) groups excluding carboxylic acids is 1. The van der Waals surface area contributed by atoms with Crippen molar-refractivity contribution in [2.24, 2.45) is 5.73 Å². The summed E-state index contributed by atoms with van der Waals surface area (Å²) in [4.78, 5) is 34.3. The summed E-state index contributed by atoms with van der Waals surface area (Å²) in [6, 6.07) is 7.64. The Kier molecular flexibility index (Phi) is 6.26. The number of nitrogens with zero attached hydrogens (tertiary/aromatic N) is 2. The predicted molar refractivity (Wildman–Crippen MR) is 92.7 cm³/mol. The van der Waals surface area contributed by atoms with Crippen LogP contribution in [0.3, 0.4) is 0 Å². The summed E-state index contributed by atoms with van der Waals surface area (Å²) in [6.07, 6.45) is 7.06. The van der Waals surface area contributed by atoms with Crippen molar-refractivity contribution in [2.45, 2.75) is 25.3 Å². The summed E-state index contributed by atoms with van der Waals surface area (Å²) in [6.45, 7) is 1.01. The molecule has 0 radical (unpaired) electrons. The SMILES string of the molecule is NC(=O)c1ccc(C2CCn3cncc3C2)cc1.O=C(O)/C=C/C(=O)O. The van der Waals surface area contributed by atoms with Crippen molar-refractivity contribution in [3.05, 3.63) is 65.8 Å². The molecule has 1 aromatic carbocycles. The van der Waals surface area contributed by atoms with Gasteiger partial charge >= 0.3 is 11.9 Å². The van der Waals surface area contributed by atoms with E-state index in [1.165, 1.54) is 11.3 Å². The van der Waals surface area contributed by atoms with Crippen molar-refractivity contribution in [2.75, 3.05) is 0 Å². The van der Waals surface area contributed by atoms with E-state index in [4.69, 9.17) is 15.9 Å². The number of aryl methyl sites for hydroxylation is 1. The van der Waals surface area contributed by atoms with Crippen LogP contribution in [-0.2, 0) is 22.6 Å². The number of rotatable bonds is 4.